The third kappa shape index (κ3) is 2.21. The Morgan fingerprint density at radius 3 is 2.38 bits per heavy atom. The van der Waals surface area contributed by atoms with E-state index in [0.717, 1.165) is 12.8 Å². The molecule has 78 valence electrons. The fourth-order valence-electron chi connectivity index (χ4n) is 1.87. The van der Waals surface area contributed by atoms with Gasteiger partial charge in [-0.2, -0.15) is 0 Å². The number of hydrogen-bond donors (Lipinski definition) is 1. The fourth-order valence-corrected chi connectivity index (χ4v) is 3.94. The Balaban J connectivity index is 2.89. The lowest BCUT2D eigenvalue weighted by atomic mass is 9.94. The van der Waals surface area contributed by atoms with E-state index < -0.39 is 9.84 Å². The zero-order valence-electron chi connectivity index (χ0n) is 8.28. The zero-order chi connectivity index (χ0) is 10.1. The highest BCUT2D eigenvalue weighted by atomic mass is 32.2. The minimum Gasteiger partial charge on any atom is -0.329 e. The number of likely N-dealkylation sites (N-methyl/N-ethyl adjacent to an activating group) is 1. The normalized spacial score (nSPS) is 33.5. The predicted molar refractivity (Wildman–Crippen MR) is 53.4 cm³/mol. The Morgan fingerprint density at radius 1 is 1.46 bits per heavy atom. The molecule has 4 nitrogen and oxygen atoms in total. The summed E-state index contributed by atoms with van der Waals surface area (Å²) in [5.74, 6) is 0.534. The van der Waals surface area contributed by atoms with Gasteiger partial charge < -0.3 is 10.6 Å². The molecule has 0 aliphatic carbocycles. The summed E-state index contributed by atoms with van der Waals surface area (Å²) in [6.07, 6.45) is 1.62. The molecule has 0 bridgehead atoms. The lowest BCUT2D eigenvalue weighted by Crippen LogP contribution is -2.57. The van der Waals surface area contributed by atoms with Crippen molar-refractivity contribution in [3.63, 3.8) is 0 Å². The van der Waals surface area contributed by atoms with E-state index in [-0.39, 0.29) is 11.3 Å². The first kappa shape index (κ1) is 10.9. The molecule has 0 amide bonds. The molecule has 1 fully saturated rings. The fraction of sp³-hybridized carbons (Fsp3) is 1.00. The molecule has 0 aromatic carbocycles. The van der Waals surface area contributed by atoms with Gasteiger partial charge in [-0.05, 0) is 26.9 Å². The summed E-state index contributed by atoms with van der Waals surface area (Å²) >= 11 is 0. The molecule has 0 radical (unpaired) electrons. The summed E-state index contributed by atoms with van der Waals surface area (Å²) in [4.78, 5) is 1.95. The summed E-state index contributed by atoms with van der Waals surface area (Å²) < 4.78 is 22.9. The SMILES string of the molecule is CN(C)C1(CN)CCCS(=O)(=O)C1. The van der Waals surface area contributed by atoms with Crippen LogP contribution in [0.1, 0.15) is 12.8 Å². The highest BCUT2D eigenvalue weighted by molar-refractivity contribution is 7.91. The largest absolute Gasteiger partial charge is 0.329 e. The summed E-state index contributed by atoms with van der Waals surface area (Å²) in [5, 5.41) is 0. The van der Waals surface area contributed by atoms with Gasteiger partial charge in [-0.3, -0.25) is 0 Å². The van der Waals surface area contributed by atoms with E-state index in [2.05, 4.69) is 0 Å². The van der Waals surface area contributed by atoms with Gasteiger partial charge >= 0.3 is 0 Å². The predicted octanol–water partition coefficient (Wildman–Crippen LogP) is -0.546. The Hall–Kier alpha value is -0.130. The van der Waals surface area contributed by atoms with Gasteiger partial charge in [0.1, 0.15) is 0 Å². The van der Waals surface area contributed by atoms with Crippen LogP contribution in [0.15, 0.2) is 0 Å². The van der Waals surface area contributed by atoms with Gasteiger partial charge in [0.2, 0.25) is 0 Å². The number of nitrogens with two attached hydrogens (primary N) is 1. The highest BCUT2D eigenvalue weighted by Crippen LogP contribution is 2.26. The first-order valence-electron chi connectivity index (χ1n) is 4.50. The van der Waals surface area contributed by atoms with Crippen LogP contribution in [0.5, 0.6) is 0 Å². The molecule has 2 N–H and O–H groups in total. The second kappa shape index (κ2) is 3.55. The van der Waals surface area contributed by atoms with Crippen LogP contribution in [0, 0.1) is 0 Å². The minimum absolute atomic E-state index is 0.212. The molecule has 0 spiro atoms. The van der Waals surface area contributed by atoms with E-state index in [1.807, 2.05) is 19.0 Å². The maximum absolute atomic E-state index is 11.4. The van der Waals surface area contributed by atoms with E-state index in [9.17, 15) is 8.42 Å². The molecule has 5 heteroatoms. The van der Waals surface area contributed by atoms with E-state index in [1.165, 1.54) is 0 Å². The topological polar surface area (TPSA) is 63.4 Å². The molecule has 1 atom stereocenters. The van der Waals surface area contributed by atoms with Gasteiger partial charge in [0.05, 0.1) is 11.5 Å². The molecule has 1 saturated heterocycles. The summed E-state index contributed by atoms with van der Waals surface area (Å²) in [7, 11) is 0.924. The van der Waals surface area contributed by atoms with Crippen molar-refractivity contribution in [2.75, 3.05) is 32.1 Å². The number of hydrogen-bond acceptors (Lipinski definition) is 4. The van der Waals surface area contributed by atoms with E-state index in [4.69, 9.17) is 5.73 Å². The molecular formula is C8H18N2O2S. The maximum Gasteiger partial charge on any atom is 0.152 e. The van der Waals surface area contributed by atoms with Crippen LogP contribution < -0.4 is 5.73 Å². The number of sulfone groups is 1. The molecule has 1 unspecified atom stereocenters. The molecule has 0 saturated carbocycles. The van der Waals surface area contributed by atoms with Gasteiger partial charge in [-0.1, -0.05) is 0 Å². The number of nitrogens with zero attached hydrogens (tertiary/aromatic N) is 1. The molecular weight excluding hydrogens is 188 g/mol. The first-order valence-corrected chi connectivity index (χ1v) is 6.32. The highest BCUT2D eigenvalue weighted by Gasteiger charge is 2.39. The number of rotatable bonds is 2. The smallest absolute Gasteiger partial charge is 0.152 e. The second-order valence-electron chi connectivity index (χ2n) is 4.02. The zero-order valence-corrected chi connectivity index (χ0v) is 9.10. The van der Waals surface area contributed by atoms with Gasteiger partial charge in [-0.25, -0.2) is 8.42 Å². The third-order valence-corrected chi connectivity index (χ3v) is 4.80. The summed E-state index contributed by atoms with van der Waals surface area (Å²) in [6.45, 7) is 0.416. The molecule has 1 heterocycles. The van der Waals surface area contributed by atoms with E-state index >= 15 is 0 Å². The molecule has 1 aliphatic rings. The van der Waals surface area contributed by atoms with Crippen molar-refractivity contribution in [1.82, 2.24) is 4.90 Å². The quantitative estimate of drug-likeness (QED) is 0.659. The van der Waals surface area contributed by atoms with Crippen molar-refractivity contribution < 1.29 is 8.42 Å². The first-order chi connectivity index (χ1) is 5.92. The van der Waals surface area contributed by atoms with E-state index in [1.54, 1.807) is 0 Å². The Morgan fingerprint density at radius 2 is 2.08 bits per heavy atom. The molecule has 13 heavy (non-hydrogen) atoms. The summed E-state index contributed by atoms with van der Waals surface area (Å²) in [6, 6.07) is 0. The lowest BCUT2D eigenvalue weighted by Gasteiger charge is -2.41. The van der Waals surface area contributed by atoms with Crippen LogP contribution in [0.3, 0.4) is 0 Å². The monoisotopic (exact) mass is 206 g/mol. The van der Waals surface area contributed by atoms with Gasteiger partial charge in [-0.15, -0.1) is 0 Å². The summed E-state index contributed by atoms with van der Waals surface area (Å²) in [5.41, 5.74) is 5.33. The average Bonchev–Trinajstić information content (AvgIpc) is 2.02. The Labute approximate surface area is 80.0 Å². The maximum atomic E-state index is 11.4. The molecule has 1 rings (SSSR count). The standard InChI is InChI=1S/C8H18N2O2S/c1-10(2)8(6-9)4-3-5-13(11,12)7-8/h3-7,9H2,1-2H3. The Bertz CT molecular complexity index is 274. The Kier molecular flexibility index (Phi) is 2.99. The van der Waals surface area contributed by atoms with Crippen LogP contribution in [-0.4, -0.2) is 51.0 Å². The van der Waals surface area contributed by atoms with Crippen molar-refractivity contribution in [3.8, 4) is 0 Å². The van der Waals surface area contributed by atoms with Gasteiger partial charge in [0.15, 0.2) is 9.84 Å². The molecule has 1 aliphatic heterocycles. The van der Waals surface area contributed by atoms with Gasteiger partial charge in [0, 0.05) is 12.1 Å². The van der Waals surface area contributed by atoms with E-state index in [0.29, 0.717) is 12.3 Å². The van der Waals surface area contributed by atoms with Gasteiger partial charge in [0.25, 0.3) is 0 Å². The van der Waals surface area contributed by atoms with Crippen LogP contribution in [0.25, 0.3) is 0 Å². The third-order valence-electron chi connectivity index (χ3n) is 2.91. The molecule has 0 aromatic heterocycles. The van der Waals surface area contributed by atoms with Crippen LogP contribution in [0.4, 0.5) is 0 Å². The second-order valence-corrected chi connectivity index (χ2v) is 6.20. The van der Waals surface area contributed by atoms with Crippen molar-refractivity contribution in [3.05, 3.63) is 0 Å². The van der Waals surface area contributed by atoms with Crippen molar-refractivity contribution in [2.24, 2.45) is 5.73 Å². The minimum atomic E-state index is -2.87. The molecule has 0 aromatic rings. The van der Waals surface area contributed by atoms with Crippen molar-refractivity contribution >= 4 is 9.84 Å². The lowest BCUT2D eigenvalue weighted by molar-refractivity contribution is 0.165. The van der Waals surface area contributed by atoms with Crippen LogP contribution in [0.2, 0.25) is 0 Å². The van der Waals surface area contributed by atoms with Crippen molar-refractivity contribution in [2.45, 2.75) is 18.4 Å². The van der Waals surface area contributed by atoms with Crippen LogP contribution >= 0.6 is 0 Å². The average molecular weight is 206 g/mol. The van der Waals surface area contributed by atoms with Crippen molar-refractivity contribution in [1.29, 1.82) is 0 Å². The van der Waals surface area contributed by atoms with Crippen LogP contribution in [-0.2, 0) is 9.84 Å².